The average Bonchev–Trinajstić information content (AvgIpc) is 3.49. The highest BCUT2D eigenvalue weighted by atomic mass is 16.2. The molecule has 2 fully saturated rings. The third kappa shape index (κ3) is 5.92. The number of amides is 2. The smallest absolute Gasteiger partial charge is 0.225 e. The first-order valence-electron chi connectivity index (χ1n) is 11.3. The summed E-state index contributed by atoms with van der Waals surface area (Å²) in [5, 5.41) is 7.47. The normalized spacial score (nSPS) is 17.7. The minimum atomic E-state index is -0.00545. The first-order chi connectivity index (χ1) is 15.2. The fraction of sp³-hybridized carbons (Fsp3) is 0.522. The summed E-state index contributed by atoms with van der Waals surface area (Å²) < 4.78 is 1.91. The lowest BCUT2D eigenvalue weighted by Gasteiger charge is -2.33. The number of hydrazine groups is 1. The first kappa shape index (κ1) is 21.5. The van der Waals surface area contributed by atoms with E-state index in [-0.39, 0.29) is 17.9 Å². The quantitative estimate of drug-likeness (QED) is 0.604. The highest BCUT2D eigenvalue weighted by Gasteiger charge is 2.26. The van der Waals surface area contributed by atoms with Crippen molar-refractivity contribution >= 4 is 17.6 Å². The number of nitrogens with zero attached hydrogens (tertiary/aromatic N) is 3. The Labute approximate surface area is 183 Å². The Morgan fingerprint density at radius 2 is 1.77 bits per heavy atom. The molecule has 4 rings (SSSR count). The minimum absolute atomic E-state index is 0.00545. The van der Waals surface area contributed by atoms with Gasteiger partial charge in [-0.05, 0) is 37.2 Å². The number of carbonyl (C=O) groups is 2. The van der Waals surface area contributed by atoms with E-state index >= 15 is 0 Å². The second-order valence-electron chi connectivity index (χ2n) is 8.47. The number of carbonyl (C=O) groups excluding carboxylic acids is 2. The maximum absolute atomic E-state index is 12.6. The molecule has 0 spiro atoms. The number of benzene rings is 1. The van der Waals surface area contributed by atoms with Gasteiger partial charge in [0.05, 0.1) is 12.2 Å². The van der Waals surface area contributed by atoms with Crippen molar-refractivity contribution in [2.45, 2.75) is 44.6 Å². The van der Waals surface area contributed by atoms with E-state index in [1.54, 1.807) is 6.20 Å². The molecule has 0 bridgehead atoms. The molecule has 2 aromatic rings. The summed E-state index contributed by atoms with van der Waals surface area (Å²) in [5.74, 6) is 1.53. The fourth-order valence-electron chi connectivity index (χ4n) is 4.37. The van der Waals surface area contributed by atoms with Crippen molar-refractivity contribution in [2.75, 3.05) is 31.5 Å². The van der Waals surface area contributed by atoms with Gasteiger partial charge in [0, 0.05) is 45.1 Å². The zero-order chi connectivity index (χ0) is 21.5. The van der Waals surface area contributed by atoms with Crippen LogP contribution in [0.5, 0.6) is 0 Å². The summed E-state index contributed by atoms with van der Waals surface area (Å²) >= 11 is 0. The summed E-state index contributed by atoms with van der Waals surface area (Å²) in [7, 11) is 0. The second kappa shape index (κ2) is 10.5. The summed E-state index contributed by atoms with van der Waals surface area (Å²) in [6, 6.07) is 12.1. The molecule has 0 saturated carbocycles. The first-order valence-corrected chi connectivity index (χ1v) is 11.3. The van der Waals surface area contributed by atoms with Crippen molar-refractivity contribution < 1.29 is 9.59 Å². The topological polar surface area (TPSA) is 91.3 Å². The van der Waals surface area contributed by atoms with E-state index in [0.29, 0.717) is 25.2 Å². The van der Waals surface area contributed by atoms with Crippen LogP contribution in [0.4, 0.5) is 5.82 Å². The summed E-state index contributed by atoms with van der Waals surface area (Å²) in [6.07, 6.45) is 6.14. The maximum Gasteiger partial charge on any atom is 0.225 e. The van der Waals surface area contributed by atoms with Crippen molar-refractivity contribution in [3.63, 3.8) is 0 Å². The van der Waals surface area contributed by atoms with E-state index in [1.165, 1.54) is 0 Å². The van der Waals surface area contributed by atoms with Crippen LogP contribution in [0.1, 0.15) is 43.7 Å². The SMILES string of the molecule is O=C(CCc1ccccc1)Nc1ccnn1C1CCN(C(=O)CCC2CNNC2)CC1. The molecule has 2 saturated heterocycles. The molecule has 0 atom stereocenters. The molecule has 0 radical (unpaired) electrons. The van der Waals surface area contributed by atoms with Gasteiger partial charge in [0.1, 0.15) is 5.82 Å². The van der Waals surface area contributed by atoms with Gasteiger partial charge >= 0.3 is 0 Å². The van der Waals surface area contributed by atoms with Gasteiger partial charge in [0.2, 0.25) is 11.8 Å². The zero-order valence-corrected chi connectivity index (χ0v) is 17.9. The van der Waals surface area contributed by atoms with Crippen LogP contribution in [0.25, 0.3) is 0 Å². The zero-order valence-electron chi connectivity index (χ0n) is 17.9. The number of hydrogen-bond donors (Lipinski definition) is 3. The molecule has 31 heavy (non-hydrogen) atoms. The Bertz CT molecular complexity index is 854. The Kier molecular flexibility index (Phi) is 7.32. The third-order valence-electron chi connectivity index (χ3n) is 6.26. The van der Waals surface area contributed by atoms with Crippen LogP contribution in [0, 0.1) is 5.92 Å². The number of likely N-dealkylation sites (tertiary alicyclic amines) is 1. The molecule has 2 aliphatic heterocycles. The van der Waals surface area contributed by atoms with Crippen molar-refractivity contribution in [3.05, 3.63) is 48.2 Å². The van der Waals surface area contributed by atoms with Crippen LogP contribution in [0.3, 0.4) is 0 Å². The minimum Gasteiger partial charge on any atom is -0.343 e. The van der Waals surface area contributed by atoms with E-state index in [2.05, 4.69) is 21.3 Å². The van der Waals surface area contributed by atoms with E-state index in [9.17, 15) is 9.59 Å². The van der Waals surface area contributed by atoms with Gasteiger partial charge in [0.25, 0.3) is 0 Å². The predicted molar refractivity (Wildman–Crippen MR) is 119 cm³/mol. The van der Waals surface area contributed by atoms with E-state index in [1.807, 2.05) is 46.0 Å². The third-order valence-corrected chi connectivity index (χ3v) is 6.26. The standard InChI is InChI=1S/C23H32N6O2/c30-22(8-6-18-4-2-1-3-5-18)27-21-10-13-26-29(21)20-11-14-28(15-12-20)23(31)9-7-19-16-24-25-17-19/h1-5,10,13,19-20,24-25H,6-9,11-12,14-17H2,(H,27,30). The lowest BCUT2D eigenvalue weighted by molar-refractivity contribution is -0.132. The number of rotatable bonds is 8. The molecule has 3 heterocycles. The molecule has 2 aliphatic rings. The van der Waals surface area contributed by atoms with Crippen LogP contribution < -0.4 is 16.2 Å². The van der Waals surface area contributed by atoms with E-state index in [0.717, 1.165) is 56.8 Å². The Hall–Kier alpha value is -2.71. The van der Waals surface area contributed by atoms with Crippen LogP contribution in [-0.2, 0) is 16.0 Å². The number of aryl methyl sites for hydroxylation is 1. The lowest BCUT2D eigenvalue weighted by atomic mass is 10.0. The van der Waals surface area contributed by atoms with Crippen molar-refractivity contribution in [3.8, 4) is 0 Å². The molecule has 2 amide bonds. The Balaban J connectivity index is 1.23. The van der Waals surface area contributed by atoms with Gasteiger partial charge in [0.15, 0.2) is 0 Å². The van der Waals surface area contributed by atoms with Gasteiger partial charge in [-0.2, -0.15) is 5.10 Å². The van der Waals surface area contributed by atoms with Crippen molar-refractivity contribution in [1.82, 2.24) is 25.5 Å². The highest BCUT2D eigenvalue weighted by Crippen LogP contribution is 2.26. The molecule has 0 unspecified atom stereocenters. The maximum atomic E-state index is 12.6. The van der Waals surface area contributed by atoms with Crippen LogP contribution >= 0.6 is 0 Å². The number of hydrogen-bond acceptors (Lipinski definition) is 5. The molecule has 3 N–H and O–H groups in total. The largest absolute Gasteiger partial charge is 0.343 e. The lowest BCUT2D eigenvalue weighted by Crippen LogP contribution is -2.39. The Morgan fingerprint density at radius 3 is 2.52 bits per heavy atom. The predicted octanol–water partition coefficient (Wildman–Crippen LogP) is 2.12. The molecule has 1 aromatic heterocycles. The number of nitrogens with one attached hydrogen (secondary N) is 3. The van der Waals surface area contributed by atoms with Gasteiger partial charge in [-0.25, -0.2) is 4.68 Å². The fourth-order valence-corrected chi connectivity index (χ4v) is 4.37. The average molecular weight is 425 g/mol. The van der Waals surface area contributed by atoms with Crippen molar-refractivity contribution in [1.29, 1.82) is 0 Å². The number of anilines is 1. The summed E-state index contributed by atoms with van der Waals surface area (Å²) in [5.41, 5.74) is 7.39. The second-order valence-corrected chi connectivity index (χ2v) is 8.47. The summed E-state index contributed by atoms with van der Waals surface area (Å²) in [4.78, 5) is 27.0. The molecular formula is C23H32N6O2. The molecular weight excluding hydrogens is 392 g/mol. The van der Waals surface area contributed by atoms with E-state index < -0.39 is 0 Å². The van der Waals surface area contributed by atoms with Gasteiger partial charge in [-0.3, -0.25) is 20.4 Å². The van der Waals surface area contributed by atoms with E-state index in [4.69, 9.17) is 0 Å². The molecule has 1 aromatic carbocycles. The van der Waals surface area contributed by atoms with Crippen molar-refractivity contribution in [2.24, 2.45) is 5.92 Å². The van der Waals surface area contributed by atoms with Gasteiger partial charge in [-0.15, -0.1) is 0 Å². The molecule has 8 nitrogen and oxygen atoms in total. The van der Waals surface area contributed by atoms with Gasteiger partial charge in [-0.1, -0.05) is 30.3 Å². The Morgan fingerprint density at radius 1 is 1.03 bits per heavy atom. The molecule has 8 heteroatoms. The molecule has 0 aliphatic carbocycles. The highest BCUT2D eigenvalue weighted by molar-refractivity contribution is 5.90. The number of piperidine rings is 1. The summed E-state index contributed by atoms with van der Waals surface area (Å²) in [6.45, 7) is 3.36. The molecule has 166 valence electrons. The monoisotopic (exact) mass is 424 g/mol. The van der Waals surface area contributed by atoms with Crippen LogP contribution in [-0.4, -0.2) is 52.7 Å². The van der Waals surface area contributed by atoms with Crippen LogP contribution in [0.15, 0.2) is 42.6 Å². The van der Waals surface area contributed by atoms with Gasteiger partial charge < -0.3 is 10.2 Å². The van der Waals surface area contributed by atoms with Crippen LogP contribution in [0.2, 0.25) is 0 Å². The number of aromatic nitrogens is 2.